The molecule has 1 amide bonds. The first-order valence-electron chi connectivity index (χ1n) is 7.64. The predicted octanol–water partition coefficient (Wildman–Crippen LogP) is 2.31. The standard InChI is InChI=1S/C16H25ClN2O3S/c1-13(2)12-16(20)18-9-11-19(23(3,21)22)10-8-14-4-6-15(17)7-5-14/h4-7,13H,8-12H2,1-3H3,(H,18,20). The molecule has 0 unspecified atom stereocenters. The maximum absolute atomic E-state index is 11.9. The Morgan fingerprint density at radius 3 is 2.35 bits per heavy atom. The molecule has 0 atom stereocenters. The molecule has 1 rings (SSSR count). The van der Waals surface area contributed by atoms with Gasteiger partial charge in [-0.3, -0.25) is 4.79 Å². The fourth-order valence-electron chi connectivity index (χ4n) is 2.11. The predicted molar refractivity (Wildman–Crippen MR) is 94.0 cm³/mol. The van der Waals surface area contributed by atoms with Crippen molar-refractivity contribution in [1.82, 2.24) is 9.62 Å². The Bertz CT molecular complexity index is 600. The van der Waals surface area contributed by atoms with Crippen LogP contribution >= 0.6 is 11.6 Å². The highest BCUT2D eigenvalue weighted by Crippen LogP contribution is 2.11. The fourth-order valence-corrected chi connectivity index (χ4v) is 3.08. The molecular weight excluding hydrogens is 336 g/mol. The smallest absolute Gasteiger partial charge is 0.220 e. The summed E-state index contributed by atoms with van der Waals surface area (Å²) in [5.41, 5.74) is 1.02. The van der Waals surface area contributed by atoms with Crippen LogP contribution in [-0.2, 0) is 21.2 Å². The quantitative estimate of drug-likeness (QED) is 0.734. The summed E-state index contributed by atoms with van der Waals surface area (Å²) in [6.45, 7) is 4.90. The molecule has 0 radical (unpaired) electrons. The zero-order chi connectivity index (χ0) is 17.5. The monoisotopic (exact) mass is 360 g/mol. The molecule has 7 heteroatoms. The number of nitrogens with zero attached hydrogens (tertiary/aromatic N) is 1. The third-order valence-electron chi connectivity index (χ3n) is 3.31. The lowest BCUT2D eigenvalue weighted by Gasteiger charge is -2.20. The average molecular weight is 361 g/mol. The van der Waals surface area contributed by atoms with Crippen LogP contribution in [0.25, 0.3) is 0 Å². The summed E-state index contributed by atoms with van der Waals surface area (Å²) in [5.74, 6) is 0.233. The van der Waals surface area contributed by atoms with E-state index in [1.165, 1.54) is 10.6 Å². The van der Waals surface area contributed by atoms with Gasteiger partial charge in [0.1, 0.15) is 0 Å². The molecule has 0 saturated carbocycles. The molecule has 130 valence electrons. The van der Waals surface area contributed by atoms with Crippen molar-refractivity contribution in [2.24, 2.45) is 5.92 Å². The van der Waals surface area contributed by atoms with E-state index in [-0.39, 0.29) is 18.4 Å². The van der Waals surface area contributed by atoms with Gasteiger partial charge in [0.25, 0.3) is 0 Å². The number of nitrogens with one attached hydrogen (secondary N) is 1. The number of carbonyl (C=O) groups excluding carboxylic acids is 1. The largest absolute Gasteiger partial charge is 0.355 e. The Morgan fingerprint density at radius 1 is 1.22 bits per heavy atom. The van der Waals surface area contributed by atoms with Gasteiger partial charge in [0.05, 0.1) is 6.26 Å². The van der Waals surface area contributed by atoms with Crippen LogP contribution in [0.1, 0.15) is 25.8 Å². The van der Waals surface area contributed by atoms with E-state index in [1.807, 2.05) is 26.0 Å². The zero-order valence-corrected chi connectivity index (χ0v) is 15.5. The normalized spacial score (nSPS) is 11.9. The summed E-state index contributed by atoms with van der Waals surface area (Å²) in [6.07, 6.45) is 2.23. The second-order valence-electron chi connectivity index (χ2n) is 5.99. The van der Waals surface area contributed by atoms with Crippen LogP contribution in [-0.4, -0.2) is 44.5 Å². The number of hydrogen-bond acceptors (Lipinski definition) is 3. The summed E-state index contributed by atoms with van der Waals surface area (Å²) in [5, 5.41) is 3.41. The Labute approximate surface area is 144 Å². The lowest BCUT2D eigenvalue weighted by atomic mass is 10.1. The lowest BCUT2D eigenvalue weighted by molar-refractivity contribution is -0.121. The van der Waals surface area contributed by atoms with E-state index in [0.717, 1.165) is 5.56 Å². The van der Waals surface area contributed by atoms with Crippen LogP contribution in [0.2, 0.25) is 5.02 Å². The molecule has 0 spiro atoms. The number of carbonyl (C=O) groups is 1. The minimum absolute atomic E-state index is 0.0499. The number of sulfonamides is 1. The maximum Gasteiger partial charge on any atom is 0.220 e. The van der Waals surface area contributed by atoms with Crippen LogP contribution < -0.4 is 5.32 Å². The van der Waals surface area contributed by atoms with Crippen molar-refractivity contribution in [2.75, 3.05) is 25.9 Å². The summed E-state index contributed by atoms with van der Waals surface area (Å²) in [7, 11) is -3.31. The van der Waals surface area contributed by atoms with Gasteiger partial charge < -0.3 is 5.32 Å². The highest BCUT2D eigenvalue weighted by Gasteiger charge is 2.16. The highest BCUT2D eigenvalue weighted by atomic mass is 35.5. The van der Waals surface area contributed by atoms with Gasteiger partial charge in [0.15, 0.2) is 0 Å². The molecule has 0 aliphatic rings. The number of benzene rings is 1. The van der Waals surface area contributed by atoms with Crippen LogP contribution in [0.15, 0.2) is 24.3 Å². The minimum atomic E-state index is -3.31. The molecule has 0 bridgehead atoms. The third-order valence-corrected chi connectivity index (χ3v) is 4.86. The summed E-state index contributed by atoms with van der Waals surface area (Å²) in [4.78, 5) is 11.6. The molecule has 1 aromatic rings. The van der Waals surface area contributed by atoms with E-state index in [1.54, 1.807) is 12.1 Å². The molecule has 0 aliphatic heterocycles. The maximum atomic E-state index is 11.9. The Balaban J connectivity index is 2.50. The average Bonchev–Trinajstić information content (AvgIpc) is 2.42. The van der Waals surface area contributed by atoms with Crippen molar-refractivity contribution in [2.45, 2.75) is 26.7 Å². The highest BCUT2D eigenvalue weighted by molar-refractivity contribution is 7.88. The van der Waals surface area contributed by atoms with Gasteiger partial charge in [-0.2, -0.15) is 0 Å². The topological polar surface area (TPSA) is 66.5 Å². The zero-order valence-electron chi connectivity index (χ0n) is 13.9. The van der Waals surface area contributed by atoms with Gasteiger partial charge in [-0.1, -0.05) is 37.6 Å². The van der Waals surface area contributed by atoms with Crippen LogP contribution in [0.5, 0.6) is 0 Å². The number of rotatable bonds is 9. The van der Waals surface area contributed by atoms with E-state index < -0.39 is 10.0 Å². The van der Waals surface area contributed by atoms with E-state index in [0.29, 0.717) is 31.0 Å². The molecule has 0 aliphatic carbocycles. The first-order chi connectivity index (χ1) is 10.7. The Kier molecular flexibility index (Phi) is 8.02. The van der Waals surface area contributed by atoms with Crippen molar-refractivity contribution in [1.29, 1.82) is 0 Å². The molecule has 0 saturated heterocycles. The molecule has 23 heavy (non-hydrogen) atoms. The van der Waals surface area contributed by atoms with E-state index in [9.17, 15) is 13.2 Å². The molecule has 0 heterocycles. The fraction of sp³-hybridized carbons (Fsp3) is 0.562. The van der Waals surface area contributed by atoms with Gasteiger partial charge in [-0.05, 0) is 30.0 Å². The van der Waals surface area contributed by atoms with Gasteiger partial charge in [0.2, 0.25) is 15.9 Å². The molecule has 1 N–H and O–H groups in total. The summed E-state index contributed by atoms with van der Waals surface area (Å²) in [6, 6.07) is 7.34. The molecule has 0 aromatic heterocycles. The van der Waals surface area contributed by atoms with Gasteiger partial charge in [-0.25, -0.2) is 12.7 Å². The van der Waals surface area contributed by atoms with Crippen molar-refractivity contribution in [3.05, 3.63) is 34.9 Å². The second kappa shape index (κ2) is 9.25. The summed E-state index contributed by atoms with van der Waals surface area (Å²) >= 11 is 5.83. The summed E-state index contributed by atoms with van der Waals surface area (Å²) < 4.78 is 25.1. The third kappa shape index (κ3) is 8.34. The van der Waals surface area contributed by atoms with E-state index in [4.69, 9.17) is 11.6 Å². The molecule has 0 fully saturated rings. The number of hydrogen-bond donors (Lipinski definition) is 1. The van der Waals surface area contributed by atoms with Crippen LogP contribution in [0.3, 0.4) is 0 Å². The van der Waals surface area contributed by atoms with Crippen LogP contribution in [0, 0.1) is 5.92 Å². The SMILES string of the molecule is CC(C)CC(=O)NCCN(CCc1ccc(Cl)cc1)S(C)(=O)=O. The number of amides is 1. The van der Waals surface area contributed by atoms with Gasteiger partial charge in [-0.15, -0.1) is 0 Å². The van der Waals surface area contributed by atoms with Crippen molar-refractivity contribution < 1.29 is 13.2 Å². The van der Waals surface area contributed by atoms with Crippen molar-refractivity contribution in [3.8, 4) is 0 Å². The first-order valence-corrected chi connectivity index (χ1v) is 9.87. The van der Waals surface area contributed by atoms with Crippen molar-refractivity contribution >= 4 is 27.5 Å². The lowest BCUT2D eigenvalue weighted by Crippen LogP contribution is -2.39. The molecular formula is C16H25ClN2O3S. The van der Waals surface area contributed by atoms with Crippen molar-refractivity contribution in [3.63, 3.8) is 0 Å². The Morgan fingerprint density at radius 2 is 1.83 bits per heavy atom. The minimum Gasteiger partial charge on any atom is -0.355 e. The molecule has 1 aromatic carbocycles. The van der Waals surface area contributed by atoms with E-state index >= 15 is 0 Å². The van der Waals surface area contributed by atoms with Crippen LogP contribution in [0.4, 0.5) is 0 Å². The van der Waals surface area contributed by atoms with Gasteiger partial charge in [0, 0.05) is 31.1 Å². The first kappa shape index (κ1) is 19.9. The van der Waals surface area contributed by atoms with Gasteiger partial charge >= 0.3 is 0 Å². The number of halogens is 1. The van der Waals surface area contributed by atoms with E-state index in [2.05, 4.69) is 5.32 Å². The molecule has 5 nitrogen and oxygen atoms in total. The second-order valence-corrected chi connectivity index (χ2v) is 8.41. The Hall–Kier alpha value is -1.11.